The molecule has 2 rings (SSSR count). The van der Waals surface area contributed by atoms with Crippen molar-refractivity contribution in [2.75, 3.05) is 0 Å². The summed E-state index contributed by atoms with van der Waals surface area (Å²) in [5.41, 5.74) is 0.691. The number of benzene rings is 1. The Morgan fingerprint density at radius 3 is 2.52 bits per heavy atom. The van der Waals surface area contributed by atoms with Crippen molar-refractivity contribution in [3.05, 3.63) is 29.1 Å². The van der Waals surface area contributed by atoms with E-state index in [4.69, 9.17) is 5.11 Å². The minimum absolute atomic E-state index is 0.215. The van der Waals surface area contributed by atoms with Crippen molar-refractivity contribution in [1.82, 2.24) is 4.57 Å². The smallest absolute Gasteiger partial charge is 0.326 e. The van der Waals surface area contributed by atoms with Gasteiger partial charge in [0.25, 0.3) is 0 Å². The molecule has 1 heterocycles. The number of fused-ring (bicyclic) bond motifs is 1. The van der Waals surface area contributed by atoms with Crippen LogP contribution in [0.1, 0.15) is 32.2 Å². The third-order valence-electron chi connectivity index (χ3n) is 3.29. The van der Waals surface area contributed by atoms with Gasteiger partial charge >= 0.3 is 11.9 Å². The standard InChI is InChI=1S/C15H16N2O5S/c1-2-9(14(21)22)17-10-5-3-4-6-11(10)23-15(17)16-12(18)7-8-13(19)20/h3-6,9H,2,7-8H2,1H3,(H,19,20)(H,21,22)/b16-15-. The molecule has 7 nitrogen and oxygen atoms in total. The summed E-state index contributed by atoms with van der Waals surface area (Å²) in [6, 6.07) is 6.37. The predicted molar refractivity (Wildman–Crippen MR) is 84.2 cm³/mol. The molecular formula is C15H16N2O5S. The van der Waals surface area contributed by atoms with E-state index in [1.54, 1.807) is 19.1 Å². The van der Waals surface area contributed by atoms with Gasteiger partial charge in [0.15, 0.2) is 4.80 Å². The summed E-state index contributed by atoms with van der Waals surface area (Å²) in [7, 11) is 0. The molecule has 23 heavy (non-hydrogen) atoms. The number of hydrogen-bond acceptors (Lipinski definition) is 4. The lowest BCUT2D eigenvalue weighted by Gasteiger charge is -2.13. The van der Waals surface area contributed by atoms with Crippen molar-refractivity contribution in [1.29, 1.82) is 0 Å². The lowest BCUT2D eigenvalue weighted by molar-refractivity contribution is -0.141. The minimum atomic E-state index is -1.07. The molecule has 0 saturated heterocycles. The summed E-state index contributed by atoms with van der Waals surface area (Å²) < 4.78 is 2.35. The van der Waals surface area contributed by atoms with Crippen LogP contribution in [0.4, 0.5) is 0 Å². The maximum Gasteiger partial charge on any atom is 0.326 e. The van der Waals surface area contributed by atoms with Gasteiger partial charge in [-0.25, -0.2) is 4.79 Å². The highest BCUT2D eigenvalue weighted by Gasteiger charge is 2.21. The van der Waals surface area contributed by atoms with Gasteiger partial charge in [0.05, 0.1) is 16.6 Å². The van der Waals surface area contributed by atoms with E-state index in [2.05, 4.69) is 4.99 Å². The molecule has 0 aliphatic heterocycles. The van der Waals surface area contributed by atoms with Gasteiger partial charge in [-0.15, -0.1) is 0 Å². The van der Waals surface area contributed by atoms with Gasteiger partial charge in [-0.3, -0.25) is 9.59 Å². The van der Waals surface area contributed by atoms with Crippen molar-refractivity contribution < 1.29 is 24.6 Å². The summed E-state index contributed by atoms with van der Waals surface area (Å²) in [6.45, 7) is 1.74. The lowest BCUT2D eigenvalue weighted by Crippen LogP contribution is -2.27. The predicted octanol–water partition coefficient (Wildman–Crippen LogP) is 2.03. The molecule has 1 aromatic heterocycles. The third kappa shape index (κ3) is 3.84. The van der Waals surface area contributed by atoms with Crippen LogP contribution in [-0.4, -0.2) is 32.6 Å². The van der Waals surface area contributed by atoms with Crippen molar-refractivity contribution in [2.24, 2.45) is 4.99 Å². The molecule has 2 aromatic rings. The molecule has 0 aliphatic carbocycles. The number of amides is 1. The Kier molecular flexibility index (Phi) is 5.28. The van der Waals surface area contributed by atoms with Gasteiger partial charge in [-0.05, 0) is 18.6 Å². The molecule has 1 unspecified atom stereocenters. The number of thiazole rings is 1. The average molecular weight is 336 g/mol. The molecule has 122 valence electrons. The first-order valence-electron chi connectivity index (χ1n) is 7.06. The molecule has 8 heteroatoms. The minimum Gasteiger partial charge on any atom is -0.481 e. The number of carboxylic acid groups (broad SMARTS) is 2. The average Bonchev–Trinajstić information content (AvgIpc) is 2.84. The molecule has 0 saturated carbocycles. The van der Waals surface area contributed by atoms with Crippen molar-refractivity contribution in [3.63, 3.8) is 0 Å². The number of carboxylic acids is 2. The molecular weight excluding hydrogens is 320 g/mol. The fourth-order valence-corrected chi connectivity index (χ4v) is 3.30. The van der Waals surface area contributed by atoms with Crippen LogP contribution >= 0.6 is 11.3 Å². The van der Waals surface area contributed by atoms with Gasteiger partial charge in [0.1, 0.15) is 6.04 Å². The zero-order valence-corrected chi connectivity index (χ0v) is 13.2. The quantitative estimate of drug-likeness (QED) is 0.839. The van der Waals surface area contributed by atoms with Crippen LogP contribution in [-0.2, 0) is 14.4 Å². The number of nitrogens with zero attached hydrogens (tertiary/aromatic N) is 2. The van der Waals surface area contributed by atoms with Gasteiger partial charge in [0.2, 0.25) is 5.91 Å². The Morgan fingerprint density at radius 1 is 1.22 bits per heavy atom. The van der Waals surface area contributed by atoms with Crippen LogP contribution in [0, 0.1) is 0 Å². The monoisotopic (exact) mass is 336 g/mol. The van der Waals surface area contributed by atoms with E-state index in [0.717, 1.165) is 4.70 Å². The van der Waals surface area contributed by atoms with E-state index in [1.807, 2.05) is 12.1 Å². The van der Waals surface area contributed by atoms with Gasteiger partial charge < -0.3 is 14.8 Å². The third-order valence-corrected chi connectivity index (χ3v) is 4.32. The number of carbonyl (C=O) groups excluding carboxylic acids is 1. The first-order chi connectivity index (χ1) is 10.9. The molecule has 0 bridgehead atoms. The van der Waals surface area contributed by atoms with E-state index in [-0.39, 0.29) is 17.6 Å². The summed E-state index contributed by atoms with van der Waals surface area (Å²) in [6.07, 6.45) is -0.177. The van der Waals surface area contributed by atoms with Crippen LogP contribution in [0.2, 0.25) is 0 Å². The normalized spacial score (nSPS) is 13.2. The van der Waals surface area contributed by atoms with Crippen LogP contribution in [0.25, 0.3) is 10.2 Å². The SMILES string of the molecule is CCC(C(=O)O)n1/c(=N/C(=O)CCC(=O)O)sc2ccccc21. The summed E-state index contributed by atoms with van der Waals surface area (Å²) in [5, 5.41) is 18.0. The summed E-state index contributed by atoms with van der Waals surface area (Å²) >= 11 is 1.21. The molecule has 0 aliphatic rings. The Labute approximate surface area is 135 Å². The molecule has 0 fully saturated rings. The maximum absolute atomic E-state index is 11.8. The molecule has 0 radical (unpaired) electrons. The highest BCUT2D eigenvalue weighted by atomic mass is 32.1. The topological polar surface area (TPSA) is 109 Å². The fourth-order valence-electron chi connectivity index (χ4n) is 2.22. The van der Waals surface area contributed by atoms with Crippen LogP contribution in [0.5, 0.6) is 0 Å². The first kappa shape index (κ1) is 16.9. The Hall–Kier alpha value is -2.48. The second kappa shape index (κ2) is 7.19. The van der Waals surface area contributed by atoms with E-state index < -0.39 is 23.9 Å². The molecule has 1 aromatic carbocycles. The van der Waals surface area contributed by atoms with Gasteiger partial charge in [-0.1, -0.05) is 30.4 Å². The molecule has 2 N–H and O–H groups in total. The Bertz CT molecular complexity index is 821. The first-order valence-corrected chi connectivity index (χ1v) is 7.88. The zero-order chi connectivity index (χ0) is 17.0. The fraction of sp³-hybridized carbons (Fsp3) is 0.333. The van der Waals surface area contributed by atoms with Gasteiger partial charge in [-0.2, -0.15) is 4.99 Å². The number of rotatable bonds is 6. The molecule has 1 amide bonds. The number of aliphatic carboxylic acids is 2. The van der Waals surface area contributed by atoms with Gasteiger partial charge in [0, 0.05) is 6.42 Å². The van der Waals surface area contributed by atoms with E-state index in [0.29, 0.717) is 11.9 Å². The van der Waals surface area contributed by atoms with E-state index >= 15 is 0 Å². The van der Waals surface area contributed by atoms with Crippen molar-refractivity contribution in [2.45, 2.75) is 32.2 Å². The Balaban J connectivity index is 2.56. The number of para-hydroxylation sites is 1. The Morgan fingerprint density at radius 2 is 1.91 bits per heavy atom. The van der Waals surface area contributed by atoms with Crippen LogP contribution in [0.15, 0.2) is 29.3 Å². The highest BCUT2D eigenvalue weighted by Crippen LogP contribution is 2.22. The maximum atomic E-state index is 11.8. The lowest BCUT2D eigenvalue weighted by atomic mass is 10.2. The van der Waals surface area contributed by atoms with Crippen molar-refractivity contribution in [3.8, 4) is 0 Å². The largest absolute Gasteiger partial charge is 0.481 e. The number of aromatic nitrogens is 1. The van der Waals surface area contributed by atoms with E-state index in [9.17, 15) is 19.5 Å². The van der Waals surface area contributed by atoms with E-state index in [1.165, 1.54) is 15.9 Å². The number of carbonyl (C=O) groups is 3. The molecule has 0 spiro atoms. The highest BCUT2D eigenvalue weighted by molar-refractivity contribution is 7.16. The zero-order valence-electron chi connectivity index (χ0n) is 12.4. The molecule has 1 atom stereocenters. The second-order valence-corrected chi connectivity index (χ2v) is 5.89. The number of hydrogen-bond donors (Lipinski definition) is 2. The van der Waals surface area contributed by atoms with Crippen LogP contribution < -0.4 is 4.80 Å². The summed E-state index contributed by atoms with van der Waals surface area (Å²) in [5.74, 6) is -2.65. The van der Waals surface area contributed by atoms with Crippen molar-refractivity contribution >= 4 is 39.4 Å². The summed E-state index contributed by atoms with van der Waals surface area (Å²) in [4.78, 5) is 38.1. The second-order valence-electron chi connectivity index (χ2n) is 4.88. The van der Waals surface area contributed by atoms with Crippen LogP contribution in [0.3, 0.4) is 0 Å².